The molecular weight excluding hydrogens is 450 g/mol. The predicted octanol–water partition coefficient (Wildman–Crippen LogP) is 4.34. The SMILES string of the molecule is CCOc1ccc(C2/C(=C(/O)c3ccc(OCC)cc3OCC)C(=O)C(=O)N2CCCOC)cc1. The molecule has 0 aromatic heterocycles. The second kappa shape index (κ2) is 12.3. The molecule has 0 bridgehead atoms. The third-order valence-electron chi connectivity index (χ3n) is 5.61. The first kappa shape index (κ1) is 26.1. The Kier molecular flexibility index (Phi) is 9.14. The van der Waals surface area contributed by atoms with Gasteiger partial charge in [-0.05, 0) is 57.0 Å². The first-order valence-corrected chi connectivity index (χ1v) is 11.9. The largest absolute Gasteiger partial charge is 0.507 e. The van der Waals surface area contributed by atoms with Crippen molar-refractivity contribution in [3.63, 3.8) is 0 Å². The van der Waals surface area contributed by atoms with E-state index >= 15 is 0 Å². The summed E-state index contributed by atoms with van der Waals surface area (Å²) < 4.78 is 22.0. The molecule has 3 rings (SSSR count). The fraction of sp³-hybridized carbons (Fsp3) is 0.407. The Morgan fingerprint density at radius 1 is 0.914 bits per heavy atom. The third kappa shape index (κ3) is 5.77. The number of methoxy groups -OCH3 is 1. The summed E-state index contributed by atoms with van der Waals surface area (Å²) in [5.41, 5.74) is 1.03. The summed E-state index contributed by atoms with van der Waals surface area (Å²) in [6, 6.07) is 11.4. The maximum atomic E-state index is 13.2. The van der Waals surface area contributed by atoms with E-state index in [0.717, 1.165) is 0 Å². The summed E-state index contributed by atoms with van der Waals surface area (Å²) in [6.07, 6.45) is 0.546. The Hall–Kier alpha value is -3.52. The van der Waals surface area contributed by atoms with Gasteiger partial charge in [0, 0.05) is 26.3 Å². The van der Waals surface area contributed by atoms with E-state index in [-0.39, 0.29) is 11.3 Å². The first-order chi connectivity index (χ1) is 17.0. The number of carbonyl (C=O) groups excluding carboxylic acids is 2. The standard InChI is InChI=1S/C27H33NO7/c1-5-33-19-11-9-18(10-12-19)24-23(26(30)27(31)28(24)15-8-16-32-4)25(29)21-14-13-20(34-6-2)17-22(21)35-7-3/h9-14,17,24,29H,5-8,15-16H2,1-4H3/b25-23-. The fourth-order valence-corrected chi connectivity index (χ4v) is 4.12. The van der Waals surface area contributed by atoms with Gasteiger partial charge in [-0.25, -0.2) is 0 Å². The Morgan fingerprint density at radius 3 is 2.17 bits per heavy atom. The van der Waals surface area contributed by atoms with Crippen molar-refractivity contribution in [1.82, 2.24) is 4.90 Å². The maximum absolute atomic E-state index is 13.2. The number of ether oxygens (including phenoxy) is 4. The molecule has 1 heterocycles. The van der Waals surface area contributed by atoms with Crippen molar-refractivity contribution < 1.29 is 33.6 Å². The molecule has 1 saturated heterocycles. The van der Waals surface area contributed by atoms with Crippen LogP contribution in [0.1, 0.15) is 44.4 Å². The third-order valence-corrected chi connectivity index (χ3v) is 5.61. The van der Waals surface area contributed by atoms with Gasteiger partial charge in [0.1, 0.15) is 23.0 Å². The van der Waals surface area contributed by atoms with E-state index in [1.807, 2.05) is 20.8 Å². The van der Waals surface area contributed by atoms with Gasteiger partial charge in [0.05, 0.1) is 37.0 Å². The Labute approximate surface area is 206 Å². The Morgan fingerprint density at radius 2 is 1.54 bits per heavy atom. The van der Waals surface area contributed by atoms with Crippen molar-refractivity contribution in [2.45, 2.75) is 33.2 Å². The Balaban J connectivity index is 2.13. The van der Waals surface area contributed by atoms with Crippen molar-refractivity contribution in [2.75, 3.05) is 40.1 Å². The zero-order valence-corrected chi connectivity index (χ0v) is 20.7. The van der Waals surface area contributed by atoms with Crippen LogP contribution in [0.25, 0.3) is 5.76 Å². The summed E-state index contributed by atoms with van der Waals surface area (Å²) >= 11 is 0. The van der Waals surface area contributed by atoms with E-state index in [1.165, 1.54) is 4.90 Å². The molecule has 0 aliphatic carbocycles. The molecule has 188 valence electrons. The number of benzene rings is 2. The molecule has 8 nitrogen and oxygen atoms in total. The lowest BCUT2D eigenvalue weighted by atomic mass is 9.95. The van der Waals surface area contributed by atoms with Crippen molar-refractivity contribution in [3.8, 4) is 17.2 Å². The zero-order chi connectivity index (χ0) is 25.4. The number of rotatable bonds is 12. The van der Waals surface area contributed by atoms with E-state index in [0.29, 0.717) is 67.8 Å². The lowest BCUT2D eigenvalue weighted by Crippen LogP contribution is -2.31. The van der Waals surface area contributed by atoms with Gasteiger partial charge < -0.3 is 29.0 Å². The monoisotopic (exact) mass is 483 g/mol. The zero-order valence-electron chi connectivity index (χ0n) is 20.7. The smallest absolute Gasteiger partial charge is 0.295 e. The highest BCUT2D eigenvalue weighted by Gasteiger charge is 2.46. The first-order valence-electron chi connectivity index (χ1n) is 11.9. The molecule has 1 N–H and O–H groups in total. The minimum Gasteiger partial charge on any atom is -0.507 e. The number of hydrogen-bond acceptors (Lipinski definition) is 7. The number of aliphatic hydroxyl groups excluding tert-OH is 1. The molecule has 0 saturated carbocycles. The lowest BCUT2D eigenvalue weighted by Gasteiger charge is -2.25. The van der Waals surface area contributed by atoms with Crippen LogP contribution in [0.5, 0.6) is 17.2 Å². The van der Waals surface area contributed by atoms with Crippen LogP contribution in [0.2, 0.25) is 0 Å². The van der Waals surface area contributed by atoms with Crippen molar-refractivity contribution >= 4 is 17.4 Å². The fourth-order valence-electron chi connectivity index (χ4n) is 4.12. The number of aliphatic hydroxyl groups is 1. The average molecular weight is 484 g/mol. The van der Waals surface area contributed by atoms with Gasteiger partial charge >= 0.3 is 0 Å². The molecule has 8 heteroatoms. The molecule has 1 fully saturated rings. The van der Waals surface area contributed by atoms with E-state index in [4.69, 9.17) is 18.9 Å². The van der Waals surface area contributed by atoms with Crippen LogP contribution in [0.4, 0.5) is 0 Å². The molecule has 35 heavy (non-hydrogen) atoms. The van der Waals surface area contributed by atoms with Crippen molar-refractivity contribution in [2.24, 2.45) is 0 Å². The van der Waals surface area contributed by atoms with Crippen LogP contribution < -0.4 is 14.2 Å². The number of nitrogens with zero attached hydrogens (tertiary/aromatic N) is 1. The van der Waals surface area contributed by atoms with Crippen LogP contribution in [0.3, 0.4) is 0 Å². The average Bonchev–Trinajstić information content (AvgIpc) is 3.10. The maximum Gasteiger partial charge on any atom is 0.295 e. The van der Waals surface area contributed by atoms with Gasteiger partial charge in [-0.1, -0.05) is 12.1 Å². The van der Waals surface area contributed by atoms with E-state index in [9.17, 15) is 14.7 Å². The molecule has 1 aliphatic rings. The summed E-state index contributed by atoms with van der Waals surface area (Å²) in [6.45, 7) is 7.67. The number of amides is 1. The molecule has 0 spiro atoms. The molecule has 0 radical (unpaired) electrons. The van der Waals surface area contributed by atoms with Crippen LogP contribution in [0.15, 0.2) is 48.0 Å². The molecule has 2 aromatic carbocycles. The van der Waals surface area contributed by atoms with Gasteiger partial charge in [-0.15, -0.1) is 0 Å². The second-order valence-electron chi connectivity index (χ2n) is 7.86. The summed E-state index contributed by atoms with van der Waals surface area (Å²) in [5, 5.41) is 11.4. The van der Waals surface area contributed by atoms with E-state index < -0.39 is 17.7 Å². The summed E-state index contributed by atoms with van der Waals surface area (Å²) in [5.74, 6) is -0.0659. The highest BCUT2D eigenvalue weighted by molar-refractivity contribution is 6.46. The molecule has 2 aromatic rings. The van der Waals surface area contributed by atoms with Gasteiger partial charge in [-0.2, -0.15) is 0 Å². The Bertz CT molecular complexity index is 1060. The predicted molar refractivity (Wildman–Crippen MR) is 132 cm³/mol. The van der Waals surface area contributed by atoms with Gasteiger partial charge in [0.25, 0.3) is 11.7 Å². The summed E-state index contributed by atoms with van der Waals surface area (Å²) in [4.78, 5) is 27.8. The van der Waals surface area contributed by atoms with Gasteiger partial charge in [0.2, 0.25) is 0 Å². The summed E-state index contributed by atoms with van der Waals surface area (Å²) in [7, 11) is 1.58. The van der Waals surface area contributed by atoms with Crippen molar-refractivity contribution in [1.29, 1.82) is 0 Å². The number of Topliss-reactive ketones (excluding diaryl/α,β-unsaturated/α-hetero) is 1. The van der Waals surface area contributed by atoms with Crippen LogP contribution in [-0.4, -0.2) is 61.8 Å². The van der Waals surface area contributed by atoms with Crippen LogP contribution >= 0.6 is 0 Å². The van der Waals surface area contributed by atoms with Crippen LogP contribution in [-0.2, 0) is 14.3 Å². The van der Waals surface area contributed by atoms with Gasteiger partial charge in [0.15, 0.2) is 0 Å². The lowest BCUT2D eigenvalue weighted by molar-refractivity contribution is -0.140. The molecular formula is C27H33NO7. The number of hydrogen-bond donors (Lipinski definition) is 1. The molecule has 1 atom stereocenters. The quantitative estimate of drug-likeness (QED) is 0.208. The molecule has 1 amide bonds. The molecule has 1 unspecified atom stereocenters. The highest BCUT2D eigenvalue weighted by atomic mass is 16.5. The van der Waals surface area contributed by atoms with Crippen LogP contribution in [0, 0.1) is 0 Å². The minimum atomic E-state index is -0.761. The normalized spacial score (nSPS) is 17.0. The molecule has 1 aliphatic heterocycles. The topological polar surface area (TPSA) is 94.5 Å². The number of ketones is 1. The number of carbonyl (C=O) groups is 2. The second-order valence-corrected chi connectivity index (χ2v) is 7.86. The minimum absolute atomic E-state index is 0.0155. The van der Waals surface area contributed by atoms with Gasteiger partial charge in [-0.3, -0.25) is 9.59 Å². The van der Waals surface area contributed by atoms with Crippen molar-refractivity contribution in [3.05, 3.63) is 59.2 Å². The van der Waals surface area contributed by atoms with E-state index in [2.05, 4.69) is 0 Å². The highest BCUT2D eigenvalue weighted by Crippen LogP contribution is 2.42. The van der Waals surface area contributed by atoms with E-state index in [1.54, 1.807) is 49.6 Å². The number of likely N-dealkylation sites (tertiary alicyclic amines) is 1.